The van der Waals surface area contributed by atoms with Crippen LogP contribution in [0.1, 0.15) is 30.5 Å². The van der Waals surface area contributed by atoms with Gasteiger partial charge in [0.15, 0.2) is 5.96 Å². The molecule has 25 heavy (non-hydrogen) atoms. The lowest BCUT2D eigenvalue weighted by Crippen LogP contribution is -2.38. The lowest BCUT2D eigenvalue weighted by molar-refractivity contribution is 0.759. The highest BCUT2D eigenvalue weighted by atomic mass is 127. The van der Waals surface area contributed by atoms with Crippen LogP contribution in [0.3, 0.4) is 0 Å². The number of aliphatic imine (C=N–C) groups is 1. The van der Waals surface area contributed by atoms with Crippen LogP contribution in [-0.4, -0.2) is 30.6 Å². The molecule has 0 spiro atoms. The molecule has 1 aromatic carbocycles. The van der Waals surface area contributed by atoms with Gasteiger partial charge in [0.05, 0.1) is 0 Å². The second-order valence-electron chi connectivity index (χ2n) is 6.23. The van der Waals surface area contributed by atoms with Crippen molar-refractivity contribution in [2.45, 2.75) is 25.7 Å². The number of benzene rings is 1. The van der Waals surface area contributed by atoms with Crippen molar-refractivity contribution >= 4 is 29.9 Å². The molecule has 5 heteroatoms. The van der Waals surface area contributed by atoms with Gasteiger partial charge in [-0.05, 0) is 42.9 Å². The van der Waals surface area contributed by atoms with E-state index in [1.165, 1.54) is 12.0 Å². The lowest BCUT2D eigenvalue weighted by atomic mass is 10.1. The lowest BCUT2D eigenvalue weighted by Gasteiger charge is -2.11. The minimum atomic E-state index is 0. The number of hydrogen-bond donors (Lipinski definition) is 2. The van der Waals surface area contributed by atoms with Crippen molar-refractivity contribution in [2.24, 2.45) is 10.9 Å². The van der Waals surface area contributed by atoms with Crippen LogP contribution in [0.2, 0.25) is 0 Å². The average molecular weight is 450 g/mol. The summed E-state index contributed by atoms with van der Waals surface area (Å²) in [5, 5.41) is 6.73. The quantitative estimate of drug-likeness (QED) is 0.385. The van der Waals surface area contributed by atoms with E-state index < -0.39 is 0 Å². The van der Waals surface area contributed by atoms with E-state index in [1.807, 2.05) is 18.3 Å². The zero-order valence-corrected chi connectivity index (χ0v) is 17.0. The van der Waals surface area contributed by atoms with Crippen LogP contribution in [0.5, 0.6) is 0 Å². The first-order chi connectivity index (χ1) is 11.9. The molecule has 2 N–H and O–H groups in total. The summed E-state index contributed by atoms with van der Waals surface area (Å²) in [6.07, 6.45) is 3.99. The fourth-order valence-electron chi connectivity index (χ4n) is 2.96. The van der Waals surface area contributed by atoms with E-state index in [0.29, 0.717) is 11.8 Å². The van der Waals surface area contributed by atoms with Crippen LogP contribution in [-0.2, 0) is 6.42 Å². The van der Waals surface area contributed by atoms with Crippen LogP contribution >= 0.6 is 24.0 Å². The van der Waals surface area contributed by atoms with Crippen molar-refractivity contribution in [2.75, 3.05) is 19.6 Å². The molecule has 1 aromatic heterocycles. The molecule has 1 saturated carbocycles. The highest BCUT2D eigenvalue weighted by molar-refractivity contribution is 14.0. The van der Waals surface area contributed by atoms with Gasteiger partial charge in [0.25, 0.3) is 0 Å². The summed E-state index contributed by atoms with van der Waals surface area (Å²) < 4.78 is 0. The van der Waals surface area contributed by atoms with Crippen molar-refractivity contribution in [3.63, 3.8) is 0 Å². The largest absolute Gasteiger partial charge is 0.357 e. The SMILES string of the molecule is CCNC(=NCC1CC1c1ccccc1)NCCc1ccccn1.I. The minimum Gasteiger partial charge on any atom is -0.357 e. The molecule has 2 aromatic rings. The van der Waals surface area contributed by atoms with Gasteiger partial charge in [-0.2, -0.15) is 0 Å². The van der Waals surface area contributed by atoms with Crippen molar-refractivity contribution in [3.05, 3.63) is 66.0 Å². The number of guanidine groups is 1. The molecule has 1 aliphatic carbocycles. The van der Waals surface area contributed by atoms with Gasteiger partial charge in [-0.15, -0.1) is 24.0 Å². The van der Waals surface area contributed by atoms with Crippen molar-refractivity contribution < 1.29 is 0 Å². The zero-order chi connectivity index (χ0) is 16.6. The van der Waals surface area contributed by atoms with E-state index >= 15 is 0 Å². The fraction of sp³-hybridized carbons (Fsp3) is 0.400. The van der Waals surface area contributed by atoms with E-state index in [-0.39, 0.29) is 24.0 Å². The fourth-order valence-corrected chi connectivity index (χ4v) is 2.96. The Kier molecular flexibility index (Phi) is 8.18. The molecule has 0 radical (unpaired) electrons. The van der Waals surface area contributed by atoms with Gasteiger partial charge in [0.2, 0.25) is 0 Å². The third kappa shape index (κ3) is 6.30. The maximum atomic E-state index is 4.76. The molecule has 0 bridgehead atoms. The molecule has 2 atom stereocenters. The van der Waals surface area contributed by atoms with Crippen LogP contribution < -0.4 is 10.6 Å². The predicted octanol–water partition coefficient (Wildman–Crippen LogP) is 3.60. The summed E-state index contributed by atoms with van der Waals surface area (Å²) in [6.45, 7) is 4.70. The first-order valence-electron chi connectivity index (χ1n) is 8.84. The van der Waals surface area contributed by atoms with Crippen molar-refractivity contribution in [1.29, 1.82) is 0 Å². The van der Waals surface area contributed by atoms with E-state index in [9.17, 15) is 0 Å². The van der Waals surface area contributed by atoms with Crippen molar-refractivity contribution in [3.8, 4) is 0 Å². The normalized spacial score (nSPS) is 19.0. The molecule has 0 saturated heterocycles. The number of halogens is 1. The van der Waals surface area contributed by atoms with Gasteiger partial charge in [-0.1, -0.05) is 36.4 Å². The van der Waals surface area contributed by atoms with Gasteiger partial charge in [0.1, 0.15) is 0 Å². The summed E-state index contributed by atoms with van der Waals surface area (Å²) in [5.41, 5.74) is 2.55. The monoisotopic (exact) mass is 450 g/mol. The second-order valence-corrected chi connectivity index (χ2v) is 6.23. The molecule has 1 heterocycles. The Bertz CT molecular complexity index is 645. The molecular weight excluding hydrogens is 423 g/mol. The van der Waals surface area contributed by atoms with Gasteiger partial charge in [-0.25, -0.2) is 0 Å². The molecule has 1 aliphatic rings. The number of nitrogens with zero attached hydrogens (tertiary/aromatic N) is 2. The van der Waals surface area contributed by atoms with Crippen molar-refractivity contribution in [1.82, 2.24) is 15.6 Å². The minimum absolute atomic E-state index is 0. The molecule has 1 fully saturated rings. The van der Waals surface area contributed by atoms with Crippen LogP contribution in [0.4, 0.5) is 0 Å². The third-order valence-corrected chi connectivity index (χ3v) is 4.38. The molecule has 0 aliphatic heterocycles. The average Bonchev–Trinajstić information content (AvgIpc) is 3.41. The second kappa shape index (κ2) is 10.4. The Morgan fingerprint density at radius 3 is 2.64 bits per heavy atom. The Morgan fingerprint density at radius 2 is 1.92 bits per heavy atom. The standard InChI is InChI=1S/C20H26N4.HI/c1-2-21-20(23-13-11-18-10-6-7-12-22-18)24-15-17-14-19(17)16-8-4-3-5-9-16;/h3-10,12,17,19H,2,11,13-15H2,1H3,(H2,21,23,24);1H. The number of hydrogen-bond acceptors (Lipinski definition) is 2. The Morgan fingerprint density at radius 1 is 1.12 bits per heavy atom. The van der Waals surface area contributed by atoms with E-state index in [2.05, 4.69) is 58.9 Å². The number of pyridine rings is 1. The maximum Gasteiger partial charge on any atom is 0.191 e. The molecular formula is C20H27IN4. The van der Waals surface area contributed by atoms with Crippen LogP contribution in [0, 0.1) is 5.92 Å². The van der Waals surface area contributed by atoms with Crippen LogP contribution in [0.15, 0.2) is 59.7 Å². The van der Waals surface area contributed by atoms with Gasteiger partial charge < -0.3 is 10.6 Å². The van der Waals surface area contributed by atoms with Crippen LogP contribution in [0.25, 0.3) is 0 Å². The molecule has 4 nitrogen and oxygen atoms in total. The molecule has 0 amide bonds. The highest BCUT2D eigenvalue weighted by Gasteiger charge is 2.37. The Labute approximate surface area is 167 Å². The Hall–Kier alpha value is -1.63. The first-order valence-corrected chi connectivity index (χ1v) is 8.84. The van der Waals surface area contributed by atoms with Gasteiger partial charge in [0, 0.05) is 37.9 Å². The number of aromatic nitrogens is 1. The summed E-state index contributed by atoms with van der Waals surface area (Å²) in [7, 11) is 0. The van der Waals surface area contributed by atoms with Gasteiger partial charge in [-0.3, -0.25) is 9.98 Å². The zero-order valence-electron chi connectivity index (χ0n) is 14.7. The Balaban J connectivity index is 0.00000225. The molecule has 134 valence electrons. The maximum absolute atomic E-state index is 4.76. The summed E-state index contributed by atoms with van der Waals surface area (Å²) in [5.74, 6) is 2.28. The summed E-state index contributed by atoms with van der Waals surface area (Å²) in [4.78, 5) is 9.11. The predicted molar refractivity (Wildman–Crippen MR) is 115 cm³/mol. The van der Waals surface area contributed by atoms with Gasteiger partial charge >= 0.3 is 0 Å². The molecule has 2 unspecified atom stereocenters. The summed E-state index contributed by atoms with van der Waals surface area (Å²) >= 11 is 0. The van der Waals surface area contributed by atoms with E-state index in [4.69, 9.17) is 4.99 Å². The highest BCUT2D eigenvalue weighted by Crippen LogP contribution is 2.47. The number of rotatable bonds is 7. The van der Waals surface area contributed by atoms with E-state index in [0.717, 1.165) is 37.7 Å². The van der Waals surface area contributed by atoms with E-state index in [1.54, 1.807) is 0 Å². The third-order valence-electron chi connectivity index (χ3n) is 4.38. The molecule has 3 rings (SSSR count). The smallest absolute Gasteiger partial charge is 0.191 e. The summed E-state index contributed by atoms with van der Waals surface area (Å²) in [6, 6.07) is 16.8. The number of nitrogens with one attached hydrogen (secondary N) is 2. The first kappa shape index (κ1) is 19.7. The topological polar surface area (TPSA) is 49.3 Å².